The Kier molecular flexibility index (Phi) is 4.74. The molecule has 3 aliphatic heterocycles. The SMILES string of the molecule is OC[C@]12COCC[C@H]1CN(C1CCN(c3ccccc3Cl)CC1)C2. The number of likely N-dealkylation sites (tertiary alicyclic amines) is 1. The van der Waals surface area contributed by atoms with Crippen molar-refractivity contribution in [2.45, 2.75) is 25.3 Å². The molecule has 5 heteroatoms. The third-order valence-electron chi connectivity index (χ3n) is 6.33. The second kappa shape index (κ2) is 6.83. The predicted molar refractivity (Wildman–Crippen MR) is 96.7 cm³/mol. The smallest absolute Gasteiger partial charge is 0.0639 e. The van der Waals surface area contributed by atoms with Gasteiger partial charge in [0.1, 0.15) is 0 Å². The molecule has 1 aromatic carbocycles. The van der Waals surface area contributed by atoms with Crippen LogP contribution in [0.5, 0.6) is 0 Å². The highest BCUT2D eigenvalue weighted by molar-refractivity contribution is 6.33. The number of ether oxygens (including phenoxy) is 1. The zero-order valence-electron chi connectivity index (χ0n) is 14.2. The Morgan fingerprint density at radius 2 is 2.00 bits per heavy atom. The van der Waals surface area contributed by atoms with Crippen LogP contribution in [0.3, 0.4) is 0 Å². The van der Waals surface area contributed by atoms with Gasteiger partial charge in [0.05, 0.1) is 23.9 Å². The summed E-state index contributed by atoms with van der Waals surface area (Å²) in [6, 6.07) is 8.76. The fourth-order valence-electron chi connectivity index (χ4n) is 4.82. The summed E-state index contributed by atoms with van der Waals surface area (Å²) in [6.07, 6.45) is 3.43. The van der Waals surface area contributed by atoms with Crippen molar-refractivity contribution >= 4 is 17.3 Å². The summed E-state index contributed by atoms with van der Waals surface area (Å²) in [5.41, 5.74) is 1.14. The number of anilines is 1. The molecule has 0 bridgehead atoms. The summed E-state index contributed by atoms with van der Waals surface area (Å²) < 4.78 is 5.69. The molecule has 4 nitrogen and oxygen atoms in total. The normalized spacial score (nSPS) is 32.1. The second-order valence-electron chi connectivity index (χ2n) is 7.66. The van der Waals surface area contributed by atoms with Crippen molar-refractivity contribution in [3.63, 3.8) is 0 Å². The van der Waals surface area contributed by atoms with Crippen LogP contribution in [0.4, 0.5) is 5.69 Å². The van der Waals surface area contributed by atoms with Gasteiger partial charge in [-0.2, -0.15) is 0 Å². The molecule has 0 amide bonds. The molecule has 132 valence electrons. The van der Waals surface area contributed by atoms with Crippen molar-refractivity contribution < 1.29 is 9.84 Å². The van der Waals surface area contributed by atoms with Gasteiger partial charge in [0.25, 0.3) is 0 Å². The predicted octanol–water partition coefficient (Wildman–Crippen LogP) is 2.64. The lowest BCUT2D eigenvalue weighted by molar-refractivity contribution is -0.0566. The highest BCUT2D eigenvalue weighted by Crippen LogP contribution is 2.43. The van der Waals surface area contributed by atoms with Gasteiger partial charge in [-0.25, -0.2) is 0 Å². The first-order valence-corrected chi connectivity index (χ1v) is 9.52. The maximum absolute atomic E-state index is 9.96. The summed E-state index contributed by atoms with van der Waals surface area (Å²) in [5, 5.41) is 10.8. The highest BCUT2D eigenvalue weighted by atomic mass is 35.5. The summed E-state index contributed by atoms with van der Waals surface area (Å²) in [5.74, 6) is 0.595. The van der Waals surface area contributed by atoms with E-state index in [4.69, 9.17) is 16.3 Å². The van der Waals surface area contributed by atoms with Crippen molar-refractivity contribution in [1.29, 1.82) is 0 Å². The van der Waals surface area contributed by atoms with Gasteiger partial charge in [-0.3, -0.25) is 4.90 Å². The van der Waals surface area contributed by atoms with Crippen LogP contribution >= 0.6 is 11.6 Å². The molecule has 2 atom stereocenters. The Morgan fingerprint density at radius 3 is 2.71 bits per heavy atom. The van der Waals surface area contributed by atoms with Crippen LogP contribution in [0.2, 0.25) is 5.02 Å². The monoisotopic (exact) mass is 350 g/mol. The van der Waals surface area contributed by atoms with E-state index in [2.05, 4.69) is 21.9 Å². The van der Waals surface area contributed by atoms with Crippen LogP contribution in [0.25, 0.3) is 0 Å². The first-order valence-electron chi connectivity index (χ1n) is 9.14. The van der Waals surface area contributed by atoms with E-state index >= 15 is 0 Å². The number of nitrogens with zero attached hydrogens (tertiary/aromatic N) is 2. The van der Waals surface area contributed by atoms with Crippen LogP contribution in [0.15, 0.2) is 24.3 Å². The number of hydrogen-bond donors (Lipinski definition) is 1. The zero-order chi connectivity index (χ0) is 16.6. The van der Waals surface area contributed by atoms with Crippen molar-refractivity contribution in [2.75, 3.05) is 50.9 Å². The van der Waals surface area contributed by atoms with Gasteiger partial charge in [0, 0.05) is 44.2 Å². The minimum absolute atomic E-state index is 0.0158. The molecule has 0 saturated carbocycles. The van der Waals surface area contributed by atoms with Crippen molar-refractivity contribution in [1.82, 2.24) is 4.90 Å². The molecule has 4 rings (SSSR count). The molecule has 3 aliphatic rings. The van der Waals surface area contributed by atoms with E-state index in [1.165, 1.54) is 12.8 Å². The topological polar surface area (TPSA) is 35.9 Å². The minimum Gasteiger partial charge on any atom is -0.396 e. The number of para-hydroxylation sites is 1. The van der Waals surface area contributed by atoms with E-state index in [9.17, 15) is 5.11 Å². The molecule has 3 heterocycles. The number of fused-ring (bicyclic) bond motifs is 1. The number of piperidine rings is 1. The lowest BCUT2D eigenvalue weighted by atomic mass is 9.76. The van der Waals surface area contributed by atoms with Crippen molar-refractivity contribution in [3.05, 3.63) is 29.3 Å². The summed E-state index contributed by atoms with van der Waals surface area (Å²) in [6.45, 7) is 6.06. The fourth-order valence-corrected chi connectivity index (χ4v) is 5.08. The Bertz CT molecular complexity index is 576. The van der Waals surface area contributed by atoms with Crippen LogP contribution < -0.4 is 4.90 Å². The Balaban J connectivity index is 1.39. The number of aliphatic hydroxyl groups excluding tert-OH is 1. The average molecular weight is 351 g/mol. The molecular formula is C19H27ClN2O2. The first kappa shape index (κ1) is 16.6. The van der Waals surface area contributed by atoms with E-state index in [0.717, 1.165) is 56.5 Å². The van der Waals surface area contributed by atoms with Crippen LogP contribution in [-0.2, 0) is 4.74 Å². The molecule has 1 N–H and O–H groups in total. The maximum Gasteiger partial charge on any atom is 0.0639 e. The number of hydrogen-bond acceptors (Lipinski definition) is 4. The van der Waals surface area contributed by atoms with E-state index in [0.29, 0.717) is 12.0 Å². The van der Waals surface area contributed by atoms with E-state index in [-0.39, 0.29) is 12.0 Å². The standard InChI is InChI=1S/C19H27ClN2O2/c20-17-3-1-2-4-18(17)21-8-5-16(6-9-21)22-11-15-7-10-24-14-19(15,12-22)13-23/h1-4,15-16,23H,5-14H2/t15-,19+/m0/s1. The average Bonchev–Trinajstić information content (AvgIpc) is 3.02. The Morgan fingerprint density at radius 1 is 1.21 bits per heavy atom. The molecule has 24 heavy (non-hydrogen) atoms. The zero-order valence-corrected chi connectivity index (χ0v) is 14.9. The number of benzene rings is 1. The van der Waals surface area contributed by atoms with Gasteiger partial charge >= 0.3 is 0 Å². The van der Waals surface area contributed by atoms with Gasteiger partial charge in [-0.15, -0.1) is 0 Å². The van der Waals surface area contributed by atoms with Crippen molar-refractivity contribution in [3.8, 4) is 0 Å². The van der Waals surface area contributed by atoms with Gasteiger partial charge in [0.15, 0.2) is 0 Å². The number of aliphatic hydroxyl groups is 1. The molecular weight excluding hydrogens is 324 g/mol. The molecule has 0 aliphatic carbocycles. The van der Waals surface area contributed by atoms with Crippen LogP contribution in [0, 0.1) is 11.3 Å². The maximum atomic E-state index is 9.96. The number of halogens is 1. The van der Waals surface area contributed by atoms with Crippen LogP contribution in [0.1, 0.15) is 19.3 Å². The molecule has 0 radical (unpaired) electrons. The third-order valence-corrected chi connectivity index (χ3v) is 6.65. The highest BCUT2D eigenvalue weighted by Gasteiger charge is 2.49. The number of rotatable bonds is 3. The summed E-state index contributed by atoms with van der Waals surface area (Å²) in [4.78, 5) is 5.03. The van der Waals surface area contributed by atoms with Gasteiger partial charge < -0.3 is 14.7 Å². The van der Waals surface area contributed by atoms with Crippen LogP contribution in [-0.4, -0.2) is 62.0 Å². The van der Waals surface area contributed by atoms with E-state index in [1.54, 1.807) is 0 Å². The molecule has 0 unspecified atom stereocenters. The fraction of sp³-hybridized carbons (Fsp3) is 0.684. The Labute approximate surface area is 149 Å². The second-order valence-corrected chi connectivity index (χ2v) is 8.06. The summed E-state index contributed by atoms with van der Waals surface area (Å²) in [7, 11) is 0. The van der Waals surface area contributed by atoms with E-state index < -0.39 is 0 Å². The first-order chi connectivity index (χ1) is 11.7. The summed E-state index contributed by atoms with van der Waals surface area (Å²) >= 11 is 6.35. The Hall–Kier alpha value is -0.810. The van der Waals surface area contributed by atoms with Gasteiger partial charge in [-0.05, 0) is 37.3 Å². The molecule has 1 aromatic rings. The molecule has 0 spiro atoms. The lowest BCUT2D eigenvalue weighted by Gasteiger charge is -2.39. The third kappa shape index (κ3) is 2.94. The minimum atomic E-state index is -0.0158. The van der Waals surface area contributed by atoms with Gasteiger partial charge in [-0.1, -0.05) is 23.7 Å². The molecule has 3 fully saturated rings. The lowest BCUT2D eigenvalue weighted by Crippen LogP contribution is -2.46. The van der Waals surface area contributed by atoms with Gasteiger partial charge in [0.2, 0.25) is 0 Å². The van der Waals surface area contributed by atoms with E-state index in [1.807, 2.05) is 12.1 Å². The quantitative estimate of drug-likeness (QED) is 0.909. The molecule has 3 saturated heterocycles. The largest absolute Gasteiger partial charge is 0.396 e. The van der Waals surface area contributed by atoms with Crippen molar-refractivity contribution in [2.24, 2.45) is 11.3 Å². The molecule has 0 aromatic heterocycles.